The third-order valence-electron chi connectivity index (χ3n) is 3.14. The van der Waals surface area contributed by atoms with E-state index in [4.69, 9.17) is 5.11 Å². The molecule has 1 amide bonds. The first-order valence-corrected chi connectivity index (χ1v) is 6.82. The molecule has 0 bridgehead atoms. The molecule has 0 aromatic heterocycles. The molecule has 19 heavy (non-hydrogen) atoms. The quantitative estimate of drug-likeness (QED) is 0.857. The zero-order valence-corrected chi connectivity index (χ0v) is 12.4. The lowest BCUT2D eigenvalue weighted by atomic mass is 9.86. The molecular formula is C16H25NO2. The van der Waals surface area contributed by atoms with Crippen molar-refractivity contribution in [3.8, 4) is 0 Å². The van der Waals surface area contributed by atoms with E-state index in [2.05, 4.69) is 50.4 Å². The number of aliphatic hydroxyl groups is 1. The van der Waals surface area contributed by atoms with E-state index in [0.29, 0.717) is 6.42 Å². The van der Waals surface area contributed by atoms with Crippen LogP contribution >= 0.6 is 0 Å². The summed E-state index contributed by atoms with van der Waals surface area (Å²) in [5, 5.41) is 11.6. The van der Waals surface area contributed by atoms with Crippen molar-refractivity contribution >= 4 is 5.91 Å². The average Bonchev–Trinajstić information content (AvgIpc) is 2.35. The van der Waals surface area contributed by atoms with Crippen LogP contribution in [0.25, 0.3) is 0 Å². The molecule has 0 radical (unpaired) electrons. The molecule has 3 heteroatoms. The van der Waals surface area contributed by atoms with Gasteiger partial charge in [0.2, 0.25) is 5.91 Å². The Morgan fingerprint density at radius 2 is 1.84 bits per heavy atom. The number of aliphatic hydroxyl groups excluding tert-OH is 1. The summed E-state index contributed by atoms with van der Waals surface area (Å²) in [4.78, 5) is 11.6. The molecule has 0 spiro atoms. The second kappa shape index (κ2) is 6.71. The van der Waals surface area contributed by atoms with E-state index < -0.39 is 0 Å². The van der Waals surface area contributed by atoms with Crippen LogP contribution < -0.4 is 5.32 Å². The van der Waals surface area contributed by atoms with Gasteiger partial charge in [-0.2, -0.15) is 0 Å². The lowest BCUT2D eigenvalue weighted by Gasteiger charge is -2.19. The number of carbonyl (C=O) groups excluding carboxylic acids is 1. The molecule has 2 N–H and O–H groups in total. The highest BCUT2D eigenvalue weighted by atomic mass is 16.3. The van der Waals surface area contributed by atoms with Gasteiger partial charge in [-0.25, -0.2) is 0 Å². The molecule has 1 aromatic rings. The smallest absolute Gasteiger partial charge is 0.220 e. The van der Waals surface area contributed by atoms with Gasteiger partial charge in [-0.3, -0.25) is 4.79 Å². The van der Waals surface area contributed by atoms with Crippen LogP contribution in [0.4, 0.5) is 0 Å². The van der Waals surface area contributed by atoms with E-state index in [1.165, 1.54) is 11.1 Å². The molecule has 0 saturated carbocycles. The van der Waals surface area contributed by atoms with Gasteiger partial charge >= 0.3 is 0 Å². The van der Waals surface area contributed by atoms with Gasteiger partial charge in [0.15, 0.2) is 0 Å². The Morgan fingerprint density at radius 1 is 1.26 bits per heavy atom. The van der Waals surface area contributed by atoms with Gasteiger partial charge in [-0.1, -0.05) is 45.0 Å². The molecule has 106 valence electrons. The summed E-state index contributed by atoms with van der Waals surface area (Å²) in [6.45, 7) is 8.32. The highest BCUT2D eigenvalue weighted by Gasteiger charge is 2.13. The fraction of sp³-hybridized carbons (Fsp3) is 0.562. The van der Waals surface area contributed by atoms with Crippen molar-refractivity contribution in [2.24, 2.45) is 0 Å². The number of aryl methyl sites for hydroxylation is 1. The minimum atomic E-state index is -0.171. The van der Waals surface area contributed by atoms with E-state index in [0.717, 1.165) is 6.42 Å². The maximum atomic E-state index is 11.6. The first-order chi connectivity index (χ1) is 8.82. The molecule has 3 nitrogen and oxygen atoms in total. The molecule has 0 fully saturated rings. The molecule has 1 aromatic carbocycles. The summed E-state index contributed by atoms with van der Waals surface area (Å²) in [5.74, 6) is -0.0125. The molecule has 0 saturated heterocycles. The van der Waals surface area contributed by atoms with Gasteiger partial charge in [-0.05, 0) is 29.9 Å². The average molecular weight is 263 g/mol. The molecule has 1 unspecified atom stereocenters. The summed E-state index contributed by atoms with van der Waals surface area (Å²) in [6.07, 6.45) is 1.19. The van der Waals surface area contributed by atoms with E-state index in [9.17, 15) is 4.79 Å². The largest absolute Gasteiger partial charge is 0.394 e. The van der Waals surface area contributed by atoms with Crippen LogP contribution in [-0.4, -0.2) is 23.7 Å². The van der Waals surface area contributed by atoms with Gasteiger partial charge in [0.1, 0.15) is 0 Å². The lowest BCUT2D eigenvalue weighted by molar-refractivity contribution is -0.121. The molecule has 0 aliphatic heterocycles. The first-order valence-electron chi connectivity index (χ1n) is 6.82. The Labute approximate surface area is 116 Å². The second-order valence-electron chi connectivity index (χ2n) is 6.10. The number of carbonyl (C=O) groups is 1. The molecule has 0 aliphatic carbocycles. The molecule has 0 heterocycles. The Bertz CT molecular complexity index is 404. The van der Waals surface area contributed by atoms with Crippen LogP contribution in [0.3, 0.4) is 0 Å². The second-order valence-corrected chi connectivity index (χ2v) is 6.10. The number of amides is 1. The van der Waals surface area contributed by atoms with Gasteiger partial charge in [0, 0.05) is 12.5 Å². The van der Waals surface area contributed by atoms with Crippen molar-refractivity contribution in [3.63, 3.8) is 0 Å². The van der Waals surface area contributed by atoms with Crippen LogP contribution in [-0.2, 0) is 16.6 Å². The van der Waals surface area contributed by atoms with Gasteiger partial charge in [-0.15, -0.1) is 0 Å². The van der Waals surface area contributed by atoms with Crippen LogP contribution in [0.5, 0.6) is 0 Å². The molecule has 0 aliphatic rings. The SMILES string of the molecule is CC(CO)NC(=O)CCc1ccc(C(C)(C)C)cc1. The van der Waals surface area contributed by atoms with Crippen molar-refractivity contribution in [2.45, 2.75) is 52.0 Å². The van der Waals surface area contributed by atoms with E-state index >= 15 is 0 Å². The number of nitrogens with one attached hydrogen (secondary N) is 1. The van der Waals surface area contributed by atoms with Crippen LogP contribution in [0.1, 0.15) is 45.2 Å². The predicted molar refractivity (Wildman–Crippen MR) is 78.2 cm³/mol. The standard InChI is InChI=1S/C16H25NO2/c1-12(11-18)17-15(19)10-7-13-5-8-14(9-6-13)16(2,3)4/h5-6,8-9,12,18H,7,10-11H2,1-4H3,(H,17,19). The normalized spacial score (nSPS) is 13.1. The Balaban J connectivity index is 2.48. The van der Waals surface area contributed by atoms with Crippen molar-refractivity contribution in [1.29, 1.82) is 0 Å². The van der Waals surface area contributed by atoms with Crippen LogP contribution in [0.15, 0.2) is 24.3 Å². The first kappa shape index (κ1) is 15.7. The Hall–Kier alpha value is -1.35. The Kier molecular flexibility index (Phi) is 5.55. The van der Waals surface area contributed by atoms with E-state index in [1.54, 1.807) is 6.92 Å². The molecular weight excluding hydrogens is 238 g/mol. The maximum Gasteiger partial charge on any atom is 0.220 e. The van der Waals surface area contributed by atoms with Crippen LogP contribution in [0, 0.1) is 0 Å². The Morgan fingerprint density at radius 3 is 2.32 bits per heavy atom. The molecule has 1 rings (SSSR count). The summed E-state index contributed by atoms with van der Waals surface area (Å²) in [5.41, 5.74) is 2.63. The zero-order valence-electron chi connectivity index (χ0n) is 12.4. The van der Waals surface area contributed by atoms with Crippen molar-refractivity contribution in [2.75, 3.05) is 6.61 Å². The van der Waals surface area contributed by atoms with Crippen molar-refractivity contribution < 1.29 is 9.90 Å². The fourth-order valence-electron chi connectivity index (χ4n) is 1.82. The summed E-state index contributed by atoms with van der Waals surface area (Å²) in [7, 11) is 0. The number of hydrogen-bond donors (Lipinski definition) is 2. The predicted octanol–water partition coefficient (Wildman–Crippen LogP) is 2.41. The van der Waals surface area contributed by atoms with Crippen molar-refractivity contribution in [1.82, 2.24) is 5.32 Å². The minimum Gasteiger partial charge on any atom is -0.394 e. The lowest BCUT2D eigenvalue weighted by Crippen LogP contribution is -2.35. The van der Waals surface area contributed by atoms with Gasteiger partial charge in [0.25, 0.3) is 0 Å². The number of benzene rings is 1. The van der Waals surface area contributed by atoms with Gasteiger partial charge < -0.3 is 10.4 Å². The highest BCUT2D eigenvalue weighted by Crippen LogP contribution is 2.22. The number of rotatable bonds is 5. The third kappa shape index (κ3) is 5.43. The number of hydrogen-bond acceptors (Lipinski definition) is 2. The van der Waals surface area contributed by atoms with Gasteiger partial charge in [0.05, 0.1) is 6.61 Å². The maximum absolute atomic E-state index is 11.6. The van der Waals surface area contributed by atoms with E-state index in [-0.39, 0.29) is 24.0 Å². The highest BCUT2D eigenvalue weighted by molar-refractivity contribution is 5.76. The third-order valence-corrected chi connectivity index (χ3v) is 3.14. The fourth-order valence-corrected chi connectivity index (χ4v) is 1.82. The van der Waals surface area contributed by atoms with E-state index in [1.807, 2.05) is 0 Å². The topological polar surface area (TPSA) is 49.3 Å². The molecule has 1 atom stereocenters. The van der Waals surface area contributed by atoms with Crippen molar-refractivity contribution in [3.05, 3.63) is 35.4 Å². The zero-order chi connectivity index (χ0) is 14.5. The summed E-state index contributed by atoms with van der Waals surface area (Å²) >= 11 is 0. The monoisotopic (exact) mass is 263 g/mol. The summed E-state index contributed by atoms with van der Waals surface area (Å²) < 4.78 is 0. The van der Waals surface area contributed by atoms with Crippen LogP contribution in [0.2, 0.25) is 0 Å². The summed E-state index contributed by atoms with van der Waals surface area (Å²) in [6, 6.07) is 8.26. The minimum absolute atomic E-state index is 0.0125.